The summed E-state index contributed by atoms with van der Waals surface area (Å²) in [6, 6.07) is 9.38. The number of rotatable bonds is 11. The summed E-state index contributed by atoms with van der Waals surface area (Å²) < 4.78 is 27.3. The van der Waals surface area contributed by atoms with E-state index >= 15 is 0 Å². The minimum absolute atomic E-state index is 0.0195. The fourth-order valence-electron chi connectivity index (χ4n) is 3.50. The van der Waals surface area contributed by atoms with Crippen LogP contribution in [0.25, 0.3) is 11.4 Å². The molecule has 0 aliphatic carbocycles. The van der Waals surface area contributed by atoms with E-state index in [4.69, 9.17) is 5.11 Å². The van der Waals surface area contributed by atoms with Gasteiger partial charge >= 0.3 is 0 Å². The monoisotopic (exact) mass is 446 g/mol. The van der Waals surface area contributed by atoms with Crippen molar-refractivity contribution in [3.63, 3.8) is 0 Å². The molecule has 0 unspecified atom stereocenters. The van der Waals surface area contributed by atoms with E-state index < -0.39 is 9.84 Å². The molecule has 0 radical (unpaired) electrons. The van der Waals surface area contributed by atoms with Gasteiger partial charge in [0.15, 0.2) is 15.7 Å². The highest BCUT2D eigenvalue weighted by molar-refractivity contribution is 7.89. The molecule has 0 amide bonds. The third kappa shape index (κ3) is 6.14. The number of nitrogens with zero attached hydrogens (tertiary/aromatic N) is 6. The average Bonchev–Trinajstić information content (AvgIpc) is 3.31. The van der Waals surface area contributed by atoms with Crippen molar-refractivity contribution in [1.82, 2.24) is 24.5 Å². The van der Waals surface area contributed by atoms with Gasteiger partial charge in [-0.25, -0.2) is 8.42 Å². The van der Waals surface area contributed by atoms with Crippen LogP contribution < -0.4 is 4.90 Å². The first-order valence-corrected chi connectivity index (χ1v) is 12.3. The summed E-state index contributed by atoms with van der Waals surface area (Å²) >= 11 is 0. The standard InChI is InChI=1S/C21H30N6O3S/c1-25(12-5-4-6-13-28)21-24-23-20(27(21)15-19-10-11-22-26(19)2)18-9-7-8-17(14-18)16-31(3,29)30/h7-11,14,28H,4-6,12-13,15-16H2,1-3H3. The highest BCUT2D eigenvalue weighted by atomic mass is 32.2. The number of aliphatic hydroxyl groups excluding tert-OH is 1. The maximum atomic E-state index is 11.7. The number of unbranched alkanes of at least 4 members (excludes halogenated alkanes) is 2. The third-order valence-electron chi connectivity index (χ3n) is 5.08. The maximum absolute atomic E-state index is 11.7. The van der Waals surface area contributed by atoms with Crippen molar-refractivity contribution in [3.8, 4) is 11.4 Å². The SMILES string of the molecule is CN(CCCCCO)c1nnc(-c2cccc(CS(C)(=O)=O)c2)n1Cc1ccnn1C. The summed E-state index contributed by atoms with van der Waals surface area (Å²) in [4.78, 5) is 2.06. The molecular weight excluding hydrogens is 416 g/mol. The molecule has 0 atom stereocenters. The van der Waals surface area contributed by atoms with Gasteiger partial charge in [-0.05, 0) is 37.0 Å². The predicted octanol–water partition coefficient (Wildman–Crippen LogP) is 1.87. The van der Waals surface area contributed by atoms with Crippen LogP contribution in [0.15, 0.2) is 36.5 Å². The summed E-state index contributed by atoms with van der Waals surface area (Å²) in [5, 5.41) is 22.2. The number of hydrogen-bond acceptors (Lipinski definition) is 7. The van der Waals surface area contributed by atoms with Gasteiger partial charge in [0.05, 0.1) is 18.0 Å². The van der Waals surface area contributed by atoms with Gasteiger partial charge in [-0.15, -0.1) is 10.2 Å². The summed E-state index contributed by atoms with van der Waals surface area (Å²) in [5.74, 6) is 1.39. The molecule has 0 fully saturated rings. The Morgan fingerprint density at radius 1 is 1.13 bits per heavy atom. The Labute approximate surface area is 183 Å². The number of aliphatic hydroxyl groups is 1. The van der Waals surface area contributed by atoms with E-state index in [0.29, 0.717) is 17.9 Å². The molecular formula is C21H30N6O3S. The summed E-state index contributed by atoms with van der Waals surface area (Å²) in [5.41, 5.74) is 2.54. The average molecular weight is 447 g/mol. The molecule has 2 heterocycles. The van der Waals surface area contributed by atoms with Crippen LogP contribution in [0.5, 0.6) is 0 Å². The zero-order chi connectivity index (χ0) is 22.4. The first-order valence-electron chi connectivity index (χ1n) is 10.3. The molecule has 10 heteroatoms. The highest BCUT2D eigenvalue weighted by Gasteiger charge is 2.19. The zero-order valence-corrected chi connectivity index (χ0v) is 19.1. The number of benzene rings is 1. The fourth-order valence-corrected chi connectivity index (χ4v) is 4.28. The Hall–Kier alpha value is -2.72. The molecule has 3 aromatic rings. The molecule has 31 heavy (non-hydrogen) atoms. The number of sulfone groups is 1. The first-order chi connectivity index (χ1) is 14.8. The number of aryl methyl sites for hydroxylation is 1. The Morgan fingerprint density at radius 2 is 1.94 bits per heavy atom. The second-order valence-electron chi connectivity index (χ2n) is 7.83. The largest absolute Gasteiger partial charge is 0.396 e. The van der Waals surface area contributed by atoms with Gasteiger partial charge in [0, 0.05) is 45.3 Å². The second-order valence-corrected chi connectivity index (χ2v) is 9.97. The molecule has 0 aliphatic rings. The first kappa shape index (κ1) is 23.0. The normalized spacial score (nSPS) is 11.7. The van der Waals surface area contributed by atoms with E-state index in [1.165, 1.54) is 6.26 Å². The van der Waals surface area contributed by atoms with Crippen molar-refractivity contribution in [2.24, 2.45) is 7.05 Å². The molecule has 168 valence electrons. The van der Waals surface area contributed by atoms with Crippen molar-refractivity contribution in [2.45, 2.75) is 31.6 Å². The predicted molar refractivity (Wildman–Crippen MR) is 121 cm³/mol. The quantitative estimate of drug-likeness (QED) is 0.448. The summed E-state index contributed by atoms with van der Waals surface area (Å²) in [6.07, 6.45) is 5.65. The third-order valence-corrected chi connectivity index (χ3v) is 5.94. The van der Waals surface area contributed by atoms with E-state index in [9.17, 15) is 8.42 Å². The van der Waals surface area contributed by atoms with Crippen molar-refractivity contribution < 1.29 is 13.5 Å². The minimum atomic E-state index is -3.14. The van der Waals surface area contributed by atoms with Gasteiger partial charge in [0.2, 0.25) is 5.95 Å². The van der Waals surface area contributed by atoms with Crippen LogP contribution in [0.4, 0.5) is 5.95 Å². The molecule has 2 aromatic heterocycles. The highest BCUT2D eigenvalue weighted by Crippen LogP contribution is 2.25. The molecule has 0 saturated heterocycles. The van der Waals surface area contributed by atoms with E-state index in [0.717, 1.165) is 43.0 Å². The molecule has 0 bridgehead atoms. The Bertz CT molecular complexity index is 1110. The molecule has 0 aliphatic heterocycles. The molecule has 3 rings (SSSR count). The molecule has 9 nitrogen and oxygen atoms in total. The van der Waals surface area contributed by atoms with Gasteiger partial charge in [0.1, 0.15) is 0 Å². The van der Waals surface area contributed by atoms with Crippen LogP contribution in [0.1, 0.15) is 30.5 Å². The van der Waals surface area contributed by atoms with E-state index in [1.54, 1.807) is 12.3 Å². The second kappa shape index (κ2) is 10.1. The summed E-state index contributed by atoms with van der Waals surface area (Å²) in [6.45, 7) is 1.53. The van der Waals surface area contributed by atoms with Crippen LogP contribution in [0.2, 0.25) is 0 Å². The smallest absolute Gasteiger partial charge is 0.227 e. The van der Waals surface area contributed by atoms with Gasteiger partial charge in [-0.2, -0.15) is 5.10 Å². The van der Waals surface area contributed by atoms with E-state index in [2.05, 4.69) is 20.2 Å². The lowest BCUT2D eigenvalue weighted by molar-refractivity contribution is 0.283. The lowest BCUT2D eigenvalue weighted by atomic mass is 10.1. The van der Waals surface area contributed by atoms with Gasteiger partial charge < -0.3 is 10.0 Å². The van der Waals surface area contributed by atoms with Gasteiger partial charge in [-0.1, -0.05) is 18.2 Å². The fraction of sp³-hybridized carbons (Fsp3) is 0.476. The lowest BCUT2D eigenvalue weighted by Gasteiger charge is -2.20. The van der Waals surface area contributed by atoms with Crippen LogP contribution in [0.3, 0.4) is 0 Å². The van der Waals surface area contributed by atoms with Crippen LogP contribution in [-0.2, 0) is 29.2 Å². The maximum Gasteiger partial charge on any atom is 0.227 e. The zero-order valence-electron chi connectivity index (χ0n) is 18.3. The summed E-state index contributed by atoms with van der Waals surface area (Å²) in [7, 11) is 0.735. The number of aromatic nitrogens is 5. The topological polar surface area (TPSA) is 106 Å². The Balaban J connectivity index is 1.95. The van der Waals surface area contributed by atoms with Crippen LogP contribution >= 0.6 is 0 Å². The number of anilines is 1. The lowest BCUT2D eigenvalue weighted by Crippen LogP contribution is -2.23. The van der Waals surface area contributed by atoms with Crippen LogP contribution in [0, 0.1) is 0 Å². The molecule has 1 N–H and O–H groups in total. The van der Waals surface area contributed by atoms with Crippen molar-refractivity contribution in [2.75, 3.05) is 31.4 Å². The molecule has 0 saturated carbocycles. The Kier molecular flexibility index (Phi) is 7.45. The van der Waals surface area contributed by atoms with Gasteiger partial charge in [0.25, 0.3) is 0 Å². The van der Waals surface area contributed by atoms with Gasteiger partial charge in [-0.3, -0.25) is 9.25 Å². The minimum Gasteiger partial charge on any atom is -0.396 e. The Morgan fingerprint density at radius 3 is 2.61 bits per heavy atom. The molecule has 1 aromatic carbocycles. The van der Waals surface area contributed by atoms with Crippen molar-refractivity contribution in [3.05, 3.63) is 47.8 Å². The van der Waals surface area contributed by atoms with Crippen molar-refractivity contribution in [1.29, 1.82) is 0 Å². The van der Waals surface area contributed by atoms with E-state index in [-0.39, 0.29) is 12.4 Å². The van der Waals surface area contributed by atoms with Crippen molar-refractivity contribution >= 4 is 15.8 Å². The molecule has 0 spiro atoms. The van der Waals surface area contributed by atoms with Crippen LogP contribution in [-0.4, -0.2) is 64.5 Å². The number of hydrogen-bond donors (Lipinski definition) is 1. The van der Waals surface area contributed by atoms with E-state index in [1.807, 2.05) is 47.6 Å².